The van der Waals surface area contributed by atoms with Crippen LogP contribution in [0.5, 0.6) is 0 Å². The Bertz CT molecular complexity index is 510. The molecular weight excluding hydrogens is 306 g/mol. The van der Waals surface area contributed by atoms with Gasteiger partial charge in [-0.15, -0.1) is 0 Å². The quantitative estimate of drug-likeness (QED) is 0.278. The summed E-state index contributed by atoms with van der Waals surface area (Å²) in [6.45, 7) is 7.19. The molecular formula is C12H21N7O2S. The zero-order valence-corrected chi connectivity index (χ0v) is 13.5. The van der Waals surface area contributed by atoms with Crippen LogP contribution in [0.4, 0.5) is 11.9 Å². The highest BCUT2D eigenvalue weighted by Crippen LogP contribution is 2.23. The topological polar surface area (TPSA) is 118 Å². The number of morpholine rings is 1. The number of carbonyl (C=O) groups is 1. The highest BCUT2D eigenvalue weighted by molar-refractivity contribution is 8.00. The number of rotatable bonds is 6. The lowest BCUT2D eigenvalue weighted by Gasteiger charge is -2.27. The molecule has 1 aliphatic rings. The predicted molar refractivity (Wildman–Crippen MR) is 84.7 cm³/mol. The largest absolute Gasteiger partial charge is 0.378 e. The third-order valence-corrected chi connectivity index (χ3v) is 3.99. The Morgan fingerprint density at radius 1 is 1.41 bits per heavy atom. The Hall–Kier alpha value is -1.65. The smallest absolute Gasteiger partial charge is 0.247 e. The van der Waals surface area contributed by atoms with Crippen LogP contribution in [0.15, 0.2) is 5.16 Å². The first kappa shape index (κ1) is 16.7. The monoisotopic (exact) mass is 327 g/mol. The molecule has 122 valence electrons. The number of nitrogens with one attached hydrogen (secondary N) is 2. The van der Waals surface area contributed by atoms with Crippen LogP contribution in [0, 0.1) is 0 Å². The van der Waals surface area contributed by atoms with Gasteiger partial charge in [0, 0.05) is 19.6 Å². The van der Waals surface area contributed by atoms with Crippen molar-refractivity contribution >= 4 is 29.6 Å². The van der Waals surface area contributed by atoms with Gasteiger partial charge >= 0.3 is 0 Å². The van der Waals surface area contributed by atoms with Crippen LogP contribution in [-0.4, -0.2) is 59.0 Å². The standard InChI is InChI=1S/C12H21N7O2S/c1-3-14-10-15-11(19-4-6-21-7-5-19)17-12(16-10)22-8(2)9(20)18-13/h8H,3-7,13H2,1-2H3,(H,18,20)(H,14,15,16,17)/t8-/m0/s1. The van der Waals surface area contributed by atoms with Gasteiger partial charge in [0.2, 0.25) is 17.8 Å². The van der Waals surface area contributed by atoms with Crippen LogP contribution in [0.25, 0.3) is 0 Å². The minimum absolute atomic E-state index is 0.275. The SMILES string of the molecule is CCNc1nc(S[C@@H](C)C(=O)NN)nc(N2CCOCC2)n1. The highest BCUT2D eigenvalue weighted by atomic mass is 32.2. The predicted octanol–water partition coefficient (Wildman–Crippen LogP) is -0.389. The lowest BCUT2D eigenvalue weighted by Crippen LogP contribution is -2.38. The van der Waals surface area contributed by atoms with Crippen molar-refractivity contribution in [1.29, 1.82) is 0 Å². The normalized spacial score (nSPS) is 16.2. The molecule has 0 aliphatic carbocycles. The molecule has 0 unspecified atom stereocenters. The van der Waals surface area contributed by atoms with Crippen molar-refractivity contribution < 1.29 is 9.53 Å². The maximum absolute atomic E-state index is 11.5. The van der Waals surface area contributed by atoms with E-state index in [1.807, 2.05) is 11.8 Å². The number of amides is 1. The fraction of sp³-hybridized carbons (Fsp3) is 0.667. The zero-order chi connectivity index (χ0) is 15.9. The number of carbonyl (C=O) groups excluding carboxylic acids is 1. The summed E-state index contributed by atoms with van der Waals surface area (Å²) in [6, 6.07) is 0. The van der Waals surface area contributed by atoms with Crippen LogP contribution in [0.2, 0.25) is 0 Å². The molecule has 0 aromatic carbocycles. The molecule has 0 bridgehead atoms. The van der Waals surface area contributed by atoms with E-state index in [0.29, 0.717) is 36.8 Å². The molecule has 1 aromatic rings. The van der Waals surface area contributed by atoms with Crippen molar-refractivity contribution in [3.63, 3.8) is 0 Å². The van der Waals surface area contributed by atoms with Crippen LogP contribution >= 0.6 is 11.8 Å². The number of anilines is 2. The highest BCUT2D eigenvalue weighted by Gasteiger charge is 2.19. The van der Waals surface area contributed by atoms with Gasteiger partial charge in [-0.1, -0.05) is 11.8 Å². The van der Waals surface area contributed by atoms with E-state index in [4.69, 9.17) is 10.6 Å². The van der Waals surface area contributed by atoms with E-state index < -0.39 is 0 Å². The summed E-state index contributed by atoms with van der Waals surface area (Å²) in [4.78, 5) is 26.8. The average molecular weight is 327 g/mol. The van der Waals surface area contributed by atoms with Gasteiger partial charge in [0.25, 0.3) is 0 Å². The molecule has 22 heavy (non-hydrogen) atoms. The lowest BCUT2D eigenvalue weighted by atomic mass is 10.4. The first-order valence-electron chi connectivity index (χ1n) is 7.13. The Labute approximate surface area is 133 Å². The molecule has 1 atom stereocenters. The Balaban J connectivity index is 2.20. The van der Waals surface area contributed by atoms with Gasteiger partial charge in [-0.2, -0.15) is 15.0 Å². The van der Waals surface area contributed by atoms with Crippen LogP contribution < -0.4 is 21.5 Å². The fourth-order valence-electron chi connectivity index (χ4n) is 1.87. The van der Waals surface area contributed by atoms with Crippen molar-refractivity contribution in [3.05, 3.63) is 0 Å². The Morgan fingerprint density at radius 3 is 2.77 bits per heavy atom. The first-order valence-corrected chi connectivity index (χ1v) is 8.01. The van der Waals surface area contributed by atoms with E-state index in [0.717, 1.165) is 13.1 Å². The molecule has 2 heterocycles. The molecule has 1 amide bonds. The zero-order valence-electron chi connectivity index (χ0n) is 12.7. The number of hydrogen-bond acceptors (Lipinski definition) is 9. The molecule has 0 spiro atoms. The first-order chi connectivity index (χ1) is 10.6. The number of thioether (sulfide) groups is 1. The summed E-state index contributed by atoms with van der Waals surface area (Å²) in [6.07, 6.45) is 0. The third kappa shape index (κ3) is 4.42. The minimum Gasteiger partial charge on any atom is -0.378 e. The minimum atomic E-state index is -0.389. The fourth-order valence-corrected chi connectivity index (χ4v) is 2.63. The summed E-state index contributed by atoms with van der Waals surface area (Å²) in [5.74, 6) is 5.97. The van der Waals surface area contributed by atoms with Crippen molar-refractivity contribution in [2.75, 3.05) is 43.1 Å². The van der Waals surface area contributed by atoms with E-state index >= 15 is 0 Å². The van der Waals surface area contributed by atoms with Gasteiger partial charge in [0.05, 0.1) is 18.5 Å². The molecule has 4 N–H and O–H groups in total. The van der Waals surface area contributed by atoms with E-state index in [2.05, 4.69) is 25.7 Å². The summed E-state index contributed by atoms with van der Waals surface area (Å²) in [5, 5.41) is 3.19. The second-order valence-corrected chi connectivity index (χ2v) is 5.95. The number of nitrogens with zero attached hydrogens (tertiary/aromatic N) is 4. The van der Waals surface area contributed by atoms with Crippen molar-refractivity contribution in [1.82, 2.24) is 20.4 Å². The molecule has 1 aromatic heterocycles. The maximum atomic E-state index is 11.5. The summed E-state index contributed by atoms with van der Waals surface area (Å²) < 4.78 is 5.34. The van der Waals surface area contributed by atoms with Gasteiger partial charge in [0.1, 0.15) is 0 Å². The molecule has 10 heteroatoms. The molecule has 9 nitrogen and oxygen atoms in total. The number of aromatic nitrogens is 3. The molecule has 0 radical (unpaired) electrons. The maximum Gasteiger partial charge on any atom is 0.247 e. The van der Waals surface area contributed by atoms with Gasteiger partial charge in [-0.3, -0.25) is 10.2 Å². The van der Waals surface area contributed by atoms with Crippen LogP contribution in [-0.2, 0) is 9.53 Å². The van der Waals surface area contributed by atoms with Gasteiger partial charge in [0.15, 0.2) is 5.16 Å². The van der Waals surface area contributed by atoms with Crippen LogP contribution in [0.1, 0.15) is 13.8 Å². The average Bonchev–Trinajstić information content (AvgIpc) is 2.55. The number of nitrogens with two attached hydrogens (primary N) is 1. The lowest BCUT2D eigenvalue weighted by molar-refractivity contribution is -0.120. The number of hydrogen-bond donors (Lipinski definition) is 3. The third-order valence-electron chi connectivity index (χ3n) is 3.03. The van der Waals surface area contributed by atoms with Gasteiger partial charge in [-0.25, -0.2) is 5.84 Å². The van der Waals surface area contributed by atoms with Gasteiger partial charge in [-0.05, 0) is 13.8 Å². The Morgan fingerprint density at radius 2 is 2.14 bits per heavy atom. The second-order valence-electron chi connectivity index (χ2n) is 4.64. The van der Waals surface area contributed by atoms with Gasteiger partial charge < -0.3 is 15.0 Å². The molecule has 0 saturated carbocycles. The summed E-state index contributed by atoms with van der Waals surface area (Å²) >= 11 is 1.24. The van der Waals surface area contributed by atoms with E-state index in [1.54, 1.807) is 6.92 Å². The van der Waals surface area contributed by atoms with Crippen LogP contribution in [0.3, 0.4) is 0 Å². The molecule has 1 fully saturated rings. The van der Waals surface area contributed by atoms with E-state index in [1.165, 1.54) is 11.8 Å². The molecule has 2 rings (SSSR count). The van der Waals surface area contributed by atoms with E-state index in [9.17, 15) is 4.79 Å². The molecule has 1 saturated heterocycles. The number of ether oxygens (including phenoxy) is 1. The summed E-state index contributed by atoms with van der Waals surface area (Å²) in [7, 11) is 0. The summed E-state index contributed by atoms with van der Waals surface area (Å²) in [5.41, 5.74) is 2.13. The van der Waals surface area contributed by atoms with Crippen molar-refractivity contribution in [2.45, 2.75) is 24.3 Å². The molecule has 1 aliphatic heterocycles. The van der Waals surface area contributed by atoms with Crippen molar-refractivity contribution in [3.8, 4) is 0 Å². The number of hydrazine groups is 1. The van der Waals surface area contributed by atoms with E-state index in [-0.39, 0.29) is 11.2 Å². The van der Waals surface area contributed by atoms with Crippen molar-refractivity contribution in [2.24, 2.45) is 5.84 Å². The Kier molecular flexibility index (Phi) is 6.16. The second kappa shape index (κ2) is 8.11.